The van der Waals surface area contributed by atoms with Crippen LogP contribution in [0.5, 0.6) is 0 Å². The molecule has 2 amide bonds. The van der Waals surface area contributed by atoms with E-state index in [0.29, 0.717) is 18.7 Å². The van der Waals surface area contributed by atoms with Crippen LogP contribution in [0, 0.1) is 5.92 Å². The van der Waals surface area contributed by atoms with E-state index in [1.54, 1.807) is 11.8 Å². The van der Waals surface area contributed by atoms with Gasteiger partial charge in [0, 0.05) is 54.1 Å². The lowest BCUT2D eigenvalue weighted by molar-refractivity contribution is -0.268. The summed E-state index contributed by atoms with van der Waals surface area (Å²) in [6.45, 7) is 3.97. The quantitative estimate of drug-likeness (QED) is 0.102. The number of aliphatic carboxylic acids is 1. The summed E-state index contributed by atoms with van der Waals surface area (Å²) in [5.74, 6) is -0.437. The molecule has 1 saturated heterocycles. The first-order chi connectivity index (χ1) is 23.7. The van der Waals surface area contributed by atoms with Gasteiger partial charge < -0.3 is 30.3 Å². The highest BCUT2D eigenvalue weighted by Gasteiger charge is 2.38. The Morgan fingerprint density at radius 3 is 2.20 bits per heavy atom. The number of carbonyl (C=O) groups is 3. The van der Waals surface area contributed by atoms with Gasteiger partial charge in [0.1, 0.15) is 0 Å². The minimum atomic E-state index is -0.905. The fourth-order valence-electron chi connectivity index (χ4n) is 5.71. The van der Waals surface area contributed by atoms with Crippen molar-refractivity contribution in [3.63, 3.8) is 0 Å². The normalized spacial score (nSPS) is 18.8. The van der Waals surface area contributed by atoms with Crippen molar-refractivity contribution in [1.82, 2.24) is 5.32 Å². The molecule has 0 spiro atoms. The van der Waals surface area contributed by atoms with Crippen molar-refractivity contribution in [3.05, 3.63) is 119 Å². The summed E-state index contributed by atoms with van der Waals surface area (Å²) in [4.78, 5) is 35.3. The molecule has 4 N–H and O–H groups in total. The van der Waals surface area contributed by atoms with E-state index in [2.05, 4.69) is 17.6 Å². The zero-order valence-corrected chi connectivity index (χ0v) is 28.5. The highest BCUT2D eigenvalue weighted by atomic mass is 32.2. The zero-order chi connectivity index (χ0) is 34.8. The summed E-state index contributed by atoms with van der Waals surface area (Å²) in [6.07, 6.45) is -0.482. The van der Waals surface area contributed by atoms with Gasteiger partial charge in [0.25, 0.3) is 0 Å². The minimum absolute atomic E-state index is 0.0222. The summed E-state index contributed by atoms with van der Waals surface area (Å²) in [5.41, 5.74) is 6.47. The van der Waals surface area contributed by atoms with E-state index >= 15 is 0 Å². The third-order valence-corrected chi connectivity index (χ3v) is 9.54. The standard InChI is InChI=1S/C39H42N2O7S/c1-25-35(24-49-34-19-17-33(18-20-34)41-26(2)43)47-39(48-38(25)30-11-9-27(23-42)10-12-30)31-15-13-29(14-16-31)32-6-3-5-28(21-32)22-40-36(44)7-4-8-37(45)46/h3,5-6,9-21,25,35,38-39,42H,4,7-8,22-24H2,1-2H3,(H,40,44)(H,41,43)(H,45,46). The Morgan fingerprint density at radius 2 is 1.53 bits per heavy atom. The third kappa shape index (κ3) is 10.3. The molecule has 1 heterocycles. The first kappa shape index (κ1) is 35.8. The van der Waals surface area contributed by atoms with Crippen LogP contribution < -0.4 is 10.6 Å². The molecule has 1 aliphatic heterocycles. The largest absolute Gasteiger partial charge is 0.481 e. The molecule has 1 aliphatic rings. The van der Waals surface area contributed by atoms with Gasteiger partial charge in [0.05, 0.1) is 18.8 Å². The highest BCUT2D eigenvalue weighted by molar-refractivity contribution is 7.99. The van der Waals surface area contributed by atoms with Crippen molar-refractivity contribution in [2.45, 2.75) is 69.7 Å². The van der Waals surface area contributed by atoms with E-state index in [-0.39, 0.29) is 49.4 Å². The smallest absolute Gasteiger partial charge is 0.303 e. The zero-order valence-electron chi connectivity index (χ0n) is 27.6. The molecule has 0 aromatic heterocycles. The Hall–Kier alpha value is -4.48. The van der Waals surface area contributed by atoms with Gasteiger partial charge in [0.15, 0.2) is 6.29 Å². The molecule has 49 heavy (non-hydrogen) atoms. The number of amides is 2. The number of aliphatic hydroxyl groups excluding tert-OH is 1. The molecule has 4 aromatic carbocycles. The van der Waals surface area contributed by atoms with Crippen LogP contribution >= 0.6 is 11.8 Å². The summed E-state index contributed by atoms with van der Waals surface area (Å²) in [6, 6.07) is 31.7. The van der Waals surface area contributed by atoms with Crippen molar-refractivity contribution in [2.24, 2.45) is 5.92 Å². The maximum absolute atomic E-state index is 12.1. The number of benzene rings is 4. The van der Waals surface area contributed by atoms with E-state index < -0.39 is 12.3 Å². The monoisotopic (exact) mass is 682 g/mol. The highest BCUT2D eigenvalue weighted by Crippen LogP contribution is 2.43. The Morgan fingerprint density at radius 1 is 0.816 bits per heavy atom. The second kappa shape index (κ2) is 17.3. The topological polar surface area (TPSA) is 134 Å². The van der Waals surface area contributed by atoms with E-state index in [0.717, 1.165) is 44.0 Å². The van der Waals surface area contributed by atoms with E-state index in [1.807, 2.05) is 97.1 Å². The number of ether oxygens (including phenoxy) is 2. The summed E-state index contributed by atoms with van der Waals surface area (Å²) < 4.78 is 13.3. The molecule has 0 saturated carbocycles. The number of rotatable bonds is 14. The van der Waals surface area contributed by atoms with Crippen LogP contribution in [0.3, 0.4) is 0 Å². The Bertz CT molecular complexity index is 1710. The minimum Gasteiger partial charge on any atom is -0.481 e. The first-order valence-electron chi connectivity index (χ1n) is 16.4. The number of aliphatic hydroxyl groups is 1. The average molecular weight is 683 g/mol. The van der Waals surface area contributed by atoms with Crippen molar-refractivity contribution < 1.29 is 34.1 Å². The SMILES string of the molecule is CC(=O)Nc1ccc(SCC2OC(c3ccc(-c4cccc(CNC(=O)CCCC(=O)O)c4)cc3)OC(c3ccc(CO)cc3)C2C)cc1. The summed E-state index contributed by atoms with van der Waals surface area (Å²) in [5, 5.41) is 24.0. The predicted molar refractivity (Wildman–Crippen MR) is 190 cm³/mol. The fourth-order valence-corrected chi connectivity index (χ4v) is 6.78. The van der Waals surface area contributed by atoms with Gasteiger partial charge in [-0.25, -0.2) is 0 Å². The second-order valence-electron chi connectivity index (χ2n) is 12.2. The molecule has 10 heteroatoms. The maximum Gasteiger partial charge on any atom is 0.303 e. The lowest BCUT2D eigenvalue weighted by Gasteiger charge is -2.41. The van der Waals surface area contributed by atoms with Gasteiger partial charge in [-0.3, -0.25) is 14.4 Å². The van der Waals surface area contributed by atoms with Crippen LogP contribution in [0.1, 0.15) is 67.8 Å². The molecule has 9 nitrogen and oxygen atoms in total. The van der Waals surface area contributed by atoms with Crippen molar-refractivity contribution >= 4 is 35.2 Å². The van der Waals surface area contributed by atoms with Crippen LogP contribution in [0.4, 0.5) is 5.69 Å². The molecule has 1 fully saturated rings. The fraction of sp³-hybridized carbons (Fsp3) is 0.308. The lowest BCUT2D eigenvalue weighted by Crippen LogP contribution is -2.38. The van der Waals surface area contributed by atoms with Crippen LogP contribution in [-0.2, 0) is 37.0 Å². The average Bonchev–Trinajstić information content (AvgIpc) is 3.11. The van der Waals surface area contributed by atoms with E-state index in [1.165, 1.54) is 6.92 Å². The Kier molecular flexibility index (Phi) is 12.6. The van der Waals surface area contributed by atoms with Crippen molar-refractivity contribution in [3.8, 4) is 11.1 Å². The van der Waals surface area contributed by atoms with Gasteiger partial charge in [-0.05, 0) is 64.6 Å². The lowest BCUT2D eigenvalue weighted by atomic mass is 9.91. The summed E-state index contributed by atoms with van der Waals surface area (Å²) >= 11 is 1.69. The van der Waals surface area contributed by atoms with Gasteiger partial charge in [-0.15, -0.1) is 11.8 Å². The molecule has 4 aromatic rings. The molecule has 4 atom stereocenters. The van der Waals surface area contributed by atoms with Crippen LogP contribution in [0.15, 0.2) is 102 Å². The van der Waals surface area contributed by atoms with E-state index in [9.17, 15) is 19.5 Å². The van der Waals surface area contributed by atoms with Gasteiger partial charge in [-0.2, -0.15) is 0 Å². The summed E-state index contributed by atoms with van der Waals surface area (Å²) in [7, 11) is 0. The molecule has 256 valence electrons. The molecule has 0 bridgehead atoms. The maximum atomic E-state index is 12.1. The number of carboxylic acids is 1. The number of hydrogen-bond donors (Lipinski definition) is 4. The molecule has 5 rings (SSSR count). The Balaban J connectivity index is 1.28. The third-order valence-electron chi connectivity index (χ3n) is 8.44. The second-order valence-corrected chi connectivity index (χ2v) is 13.3. The molecule has 0 radical (unpaired) electrons. The van der Waals surface area contributed by atoms with E-state index in [4.69, 9.17) is 14.6 Å². The van der Waals surface area contributed by atoms with Crippen molar-refractivity contribution in [1.29, 1.82) is 0 Å². The number of nitrogens with one attached hydrogen (secondary N) is 2. The molecule has 4 unspecified atom stereocenters. The first-order valence-corrected chi connectivity index (χ1v) is 17.4. The number of carbonyl (C=O) groups excluding carboxylic acids is 2. The molecular formula is C39H42N2O7S. The predicted octanol–water partition coefficient (Wildman–Crippen LogP) is 7.26. The Labute approximate surface area is 291 Å². The molecule has 0 aliphatic carbocycles. The number of thioether (sulfide) groups is 1. The van der Waals surface area contributed by atoms with Crippen LogP contribution in [-0.4, -0.2) is 39.9 Å². The van der Waals surface area contributed by atoms with Gasteiger partial charge in [0.2, 0.25) is 11.8 Å². The van der Waals surface area contributed by atoms with Crippen LogP contribution in [0.2, 0.25) is 0 Å². The molecular weight excluding hydrogens is 641 g/mol. The number of carboxylic acid groups (broad SMARTS) is 1. The van der Waals surface area contributed by atoms with Gasteiger partial charge >= 0.3 is 5.97 Å². The van der Waals surface area contributed by atoms with Gasteiger partial charge in [-0.1, -0.05) is 73.7 Å². The number of anilines is 1. The van der Waals surface area contributed by atoms with Crippen LogP contribution in [0.25, 0.3) is 11.1 Å². The van der Waals surface area contributed by atoms with Crippen molar-refractivity contribution in [2.75, 3.05) is 11.1 Å². The number of hydrogen-bond acceptors (Lipinski definition) is 7.